The molecule has 0 atom stereocenters. The summed E-state index contributed by atoms with van der Waals surface area (Å²) >= 11 is 0. The van der Waals surface area contributed by atoms with Crippen LogP contribution in [-0.4, -0.2) is 24.9 Å². The summed E-state index contributed by atoms with van der Waals surface area (Å²) in [6, 6.07) is 0. The van der Waals surface area contributed by atoms with E-state index in [1.165, 1.54) is 0 Å². The van der Waals surface area contributed by atoms with Gasteiger partial charge < -0.3 is 4.74 Å². The van der Waals surface area contributed by atoms with E-state index in [1.54, 1.807) is 0 Å². The summed E-state index contributed by atoms with van der Waals surface area (Å²) in [5.74, 6) is -2.27. The summed E-state index contributed by atoms with van der Waals surface area (Å²) in [4.78, 5) is 10.5. The maximum atomic E-state index is 12.1. The van der Waals surface area contributed by atoms with Gasteiger partial charge in [-0.1, -0.05) is 0 Å². The Kier molecular flexibility index (Phi) is 2.20. The van der Waals surface area contributed by atoms with Gasteiger partial charge in [0, 0.05) is 6.42 Å². The average molecular weight is 222 g/mol. The average Bonchev–Trinajstić information content (AvgIpc) is 2.27. The van der Waals surface area contributed by atoms with E-state index in [0.29, 0.717) is 0 Å². The van der Waals surface area contributed by atoms with Gasteiger partial charge in [0.1, 0.15) is 0 Å². The molecule has 0 aromatic carbocycles. The number of ether oxygens (including phenoxy) is 1. The minimum absolute atomic E-state index is 0.863. The first-order chi connectivity index (χ1) is 6.13. The number of halogens is 6. The van der Waals surface area contributed by atoms with Crippen LogP contribution in [0.3, 0.4) is 0 Å². The number of hydrogen-bond donors (Lipinski definition) is 0. The molecule has 0 amide bonds. The minimum Gasteiger partial charge on any atom is -0.465 e. The molecule has 2 nitrogen and oxygen atoms in total. The summed E-state index contributed by atoms with van der Waals surface area (Å²) < 4.78 is 76.6. The van der Waals surface area contributed by atoms with Crippen LogP contribution in [0.5, 0.6) is 0 Å². The van der Waals surface area contributed by atoms with E-state index in [0.717, 1.165) is 0 Å². The predicted octanol–water partition coefficient (Wildman–Crippen LogP) is 2.04. The molecular weight excluding hydrogens is 218 g/mol. The van der Waals surface area contributed by atoms with Crippen molar-refractivity contribution in [3.8, 4) is 0 Å². The number of esters is 1. The number of carbonyl (C=O) groups excluding carboxylic acids is 1. The number of hydrogen-bond acceptors (Lipinski definition) is 2. The molecule has 0 aliphatic carbocycles. The van der Waals surface area contributed by atoms with Crippen LogP contribution in [0.1, 0.15) is 6.42 Å². The molecule has 1 aliphatic heterocycles. The maximum absolute atomic E-state index is 12.1. The van der Waals surface area contributed by atoms with Gasteiger partial charge in [0.05, 0.1) is 6.61 Å². The molecule has 0 bridgehead atoms. The van der Waals surface area contributed by atoms with Gasteiger partial charge in [-0.2, -0.15) is 26.3 Å². The lowest BCUT2D eigenvalue weighted by Gasteiger charge is -2.29. The zero-order valence-electron chi connectivity index (χ0n) is 6.50. The molecule has 0 unspecified atom stereocenters. The minimum atomic E-state index is -5.67. The molecule has 1 fully saturated rings. The largest absolute Gasteiger partial charge is 0.465 e. The van der Waals surface area contributed by atoms with E-state index in [9.17, 15) is 31.1 Å². The van der Waals surface area contributed by atoms with E-state index < -0.39 is 36.8 Å². The van der Waals surface area contributed by atoms with Crippen LogP contribution < -0.4 is 0 Å². The highest BCUT2D eigenvalue weighted by atomic mass is 19.4. The second-order valence-corrected chi connectivity index (χ2v) is 2.79. The molecular formula is C6H4F6O2. The van der Waals surface area contributed by atoms with Crippen molar-refractivity contribution in [3.63, 3.8) is 0 Å². The normalized spacial score (nSPS) is 22.3. The Hall–Kier alpha value is -0.950. The van der Waals surface area contributed by atoms with Crippen LogP contribution in [0.2, 0.25) is 0 Å². The van der Waals surface area contributed by atoms with Crippen molar-refractivity contribution in [2.24, 2.45) is 5.41 Å². The van der Waals surface area contributed by atoms with Gasteiger partial charge in [-0.15, -0.1) is 0 Å². The molecule has 1 aliphatic rings. The Morgan fingerprint density at radius 2 is 1.50 bits per heavy atom. The van der Waals surface area contributed by atoms with E-state index in [-0.39, 0.29) is 0 Å². The van der Waals surface area contributed by atoms with Gasteiger partial charge in [-0.05, 0) is 0 Å². The number of carbonyl (C=O) groups is 1. The zero-order valence-corrected chi connectivity index (χ0v) is 6.50. The van der Waals surface area contributed by atoms with E-state index >= 15 is 0 Å². The molecule has 0 N–H and O–H groups in total. The molecule has 14 heavy (non-hydrogen) atoms. The monoisotopic (exact) mass is 222 g/mol. The Balaban J connectivity index is 3.23. The molecule has 1 rings (SSSR count). The van der Waals surface area contributed by atoms with Crippen LogP contribution >= 0.6 is 0 Å². The summed E-state index contributed by atoms with van der Waals surface area (Å²) in [5, 5.41) is 0. The smallest absolute Gasteiger partial charge is 0.413 e. The second kappa shape index (κ2) is 2.77. The van der Waals surface area contributed by atoms with Crippen molar-refractivity contribution < 1.29 is 35.9 Å². The van der Waals surface area contributed by atoms with Crippen molar-refractivity contribution in [2.75, 3.05) is 6.61 Å². The van der Waals surface area contributed by atoms with Gasteiger partial charge in [-0.3, -0.25) is 4.79 Å². The van der Waals surface area contributed by atoms with Gasteiger partial charge in [0.15, 0.2) is 0 Å². The molecule has 0 aromatic rings. The van der Waals surface area contributed by atoms with E-state index in [1.807, 2.05) is 0 Å². The molecule has 0 saturated carbocycles. The van der Waals surface area contributed by atoms with Crippen LogP contribution in [0.15, 0.2) is 0 Å². The first kappa shape index (κ1) is 11.1. The molecule has 0 spiro atoms. The third-order valence-corrected chi connectivity index (χ3v) is 2.03. The summed E-state index contributed by atoms with van der Waals surface area (Å²) in [6.45, 7) is -0.863. The van der Waals surface area contributed by atoms with Gasteiger partial charge in [0.2, 0.25) is 0 Å². The lowest BCUT2D eigenvalue weighted by molar-refractivity contribution is -0.323. The zero-order chi connectivity index (χ0) is 11.2. The van der Waals surface area contributed by atoms with Gasteiger partial charge in [-0.25, -0.2) is 0 Å². The van der Waals surface area contributed by atoms with Crippen molar-refractivity contribution in [1.29, 1.82) is 0 Å². The van der Waals surface area contributed by atoms with E-state index in [4.69, 9.17) is 0 Å². The first-order valence-corrected chi connectivity index (χ1v) is 3.43. The van der Waals surface area contributed by atoms with Crippen LogP contribution in [0, 0.1) is 5.41 Å². The topological polar surface area (TPSA) is 26.3 Å². The van der Waals surface area contributed by atoms with Crippen molar-refractivity contribution in [3.05, 3.63) is 0 Å². The number of alkyl halides is 6. The van der Waals surface area contributed by atoms with Crippen LogP contribution in [-0.2, 0) is 9.53 Å². The molecule has 8 heteroatoms. The molecule has 82 valence electrons. The molecule has 1 heterocycles. The highest BCUT2D eigenvalue weighted by Gasteiger charge is 2.78. The lowest BCUT2D eigenvalue weighted by Crippen LogP contribution is -2.53. The third-order valence-electron chi connectivity index (χ3n) is 2.03. The Morgan fingerprint density at radius 3 is 1.64 bits per heavy atom. The predicted molar refractivity (Wildman–Crippen MR) is 30.1 cm³/mol. The van der Waals surface area contributed by atoms with Gasteiger partial charge >= 0.3 is 18.3 Å². The number of cyclic esters (lactones) is 1. The van der Waals surface area contributed by atoms with Crippen LogP contribution in [0.25, 0.3) is 0 Å². The molecule has 0 radical (unpaired) electrons. The second-order valence-electron chi connectivity index (χ2n) is 2.79. The Bertz CT molecular complexity index is 238. The quantitative estimate of drug-likeness (QED) is 0.463. The fourth-order valence-corrected chi connectivity index (χ4v) is 1.20. The van der Waals surface area contributed by atoms with Gasteiger partial charge in [0.25, 0.3) is 5.41 Å². The maximum Gasteiger partial charge on any atom is 0.413 e. The highest BCUT2D eigenvalue weighted by Crippen LogP contribution is 2.55. The summed E-state index contributed by atoms with van der Waals surface area (Å²) in [6.07, 6.45) is -12.7. The van der Waals surface area contributed by atoms with Crippen molar-refractivity contribution >= 4 is 5.97 Å². The Labute approximate surface area is 73.8 Å². The van der Waals surface area contributed by atoms with Crippen molar-refractivity contribution in [1.82, 2.24) is 0 Å². The highest BCUT2D eigenvalue weighted by molar-refractivity contribution is 5.80. The standard InChI is InChI=1S/C6H4F6O2/c7-5(8,9)4(6(10,11)12)1-2-14-3(4)13/h1-2H2. The fraction of sp³-hybridized carbons (Fsp3) is 0.833. The molecule has 0 aromatic heterocycles. The third kappa shape index (κ3) is 1.24. The van der Waals surface area contributed by atoms with Crippen LogP contribution in [0.4, 0.5) is 26.3 Å². The summed E-state index contributed by atoms with van der Waals surface area (Å²) in [7, 11) is 0. The SMILES string of the molecule is O=C1OCCC1(C(F)(F)F)C(F)(F)F. The lowest BCUT2D eigenvalue weighted by atomic mass is 9.85. The molecule has 1 saturated heterocycles. The van der Waals surface area contributed by atoms with E-state index in [2.05, 4.69) is 4.74 Å². The first-order valence-electron chi connectivity index (χ1n) is 3.43. The van der Waals surface area contributed by atoms with Crippen molar-refractivity contribution in [2.45, 2.75) is 18.8 Å². The number of rotatable bonds is 0. The summed E-state index contributed by atoms with van der Waals surface area (Å²) in [5.41, 5.74) is -4.33. The fourth-order valence-electron chi connectivity index (χ4n) is 1.20. The Morgan fingerprint density at radius 1 is 1.07 bits per heavy atom.